The van der Waals surface area contributed by atoms with Crippen LogP contribution in [0.15, 0.2) is 35.9 Å². The first-order valence-corrected chi connectivity index (χ1v) is 9.21. The van der Waals surface area contributed by atoms with Crippen molar-refractivity contribution < 1.29 is 0 Å². The highest BCUT2D eigenvalue weighted by Gasteiger charge is 2.57. The number of rotatable bonds is 2. The first kappa shape index (κ1) is 18.8. The zero-order valence-corrected chi connectivity index (χ0v) is 15.9. The molecule has 2 aliphatic rings. The lowest BCUT2D eigenvalue weighted by molar-refractivity contribution is 0.171. The minimum atomic E-state index is -1.63. The SMILES string of the molecule is Cc1ccc([C@@H]2[C@H]3CN(C(C)C)CC=C3[C@@H](C#N)C(=N)C2(C#N)C#N)cc1. The van der Waals surface area contributed by atoms with Crippen LogP contribution in [0, 0.1) is 63.6 Å². The van der Waals surface area contributed by atoms with Crippen molar-refractivity contribution in [3.63, 3.8) is 0 Å². The molecule has 1 saturated carbocycles. The lowest BCUT2D eigenvalue weighted by Gasteiger charge is -2.48. The fraction of sp³-hybridized carbons (Fsp3) is 0.455. The maximum absolute atomic E-state index is 10.0. The predicted octanol–water partition coefficient (Wildman–Crippen LogP) is 3.55. The molecule has 0 spiro atoms. The van der Waals surface area contributed by atoms with Crippen molar-refractivity contribution in [2.24, 2.45) is 17.3 Å². The molecular weight excluding hydrogens is 334 g/mol. The van der Waals surface area contributed by atoms with Gasteiger partial charge in [-0.3, -0.25) is 4.90 Å². The summed E-state index contributed by atoms with van der Waals surface area (Å²) in [6.07, 6.45) is 2.04. The van der Waals surface area contributed by atoms with Gasteiger partial charge < -0.3 is 5.41 Å². The Kier molecular flexibility index (Phi) is 4.88. The first-order chi connectivity index (χ1) is 12.9. The van der Waals surface area contributed by atoms with Gasteiger partial charge in [0.25, 0.3) is 0 Å². The van der Waals surface area contributed by atoms with Gasteiger partial charge in [0, 0.05) is 31.0 Å². The Balaban J connectivity index is 2.23. The Morgan fingerprint density at radius 2 is 1.78 bits per heavy atom. The molecule has 0 bridgehead atoms. The Labute approximate surface area is 160 Å². The summed E-state index contributed by atoms with van der Waals surface area (Å²) >= 11 is 0. The quantitative estimate of drug-likeness (QED) is 0.818. The van der Waals surface area contributed by atoms with Gasteiger partial charge in [0.2, 0.25) is 0 Å². The van der Waals surface area contributed by atoms with E-state index in [0.717, 1.165) is 23.2 Å². The summed E-state index contributed by atoms with van der Waals surface area (Å²) in [5.74, 6) is -1.40. The van der Waals surface area contributed by atoms with Gasteiger partial charge >= 0.3 is 0 Å². The van der Waals surface area contributed by atoms with Gasteiger partial charge in [0.1, 0.15) is 5.92 Å². The van der Waals surface area contributed by atoms with E-state index in [4.69, 9.17) is 5.41 Å². The topological polar surface area (TPSA) is 98.5 Å². The zero-order chi connectivity index (χ0) is 19.8. The van der Waals surface area contributed by atoms with Crippen molar-refractivity contribution in [1.82, 2.24) is 4.90 Å². The van der Waals surface area contributed by atoms with Crippen molar-refractivity contribution in [1.29, 1.82) is 21.2 Å². The molecule has 0 unspecified atom stereocenters. The number of hydrogen-bond acceptors (Lipinski definition) is 5. The Bertz CT molecular complexity index is 890. The van der Waals surface area contributed by atoms with Crippen LogP contribution in [-0.4, -0.2) is 29.7 Å². The van der Waals surface area contributed by atoms with E-state index in [2.05, 4.69) is 37.0 Å². The maximum Gasteiger partial charge on any atom is 0.189 e. The van der Waals surface area contributed by atoms with Crippen molar-refractivity contribution >= 4 is 5.71 Å². The van der Waals surface area contributed by atoms with Crippen LogP contribution in [-0.2, 0) is 0 Å². The van der Waals surface area contributed by atoms with Gasteiger partial charge in [0.15, 0.2) is 5.41 Å². The molecule has 0 radical (unpaired) electrons. The summed E-state index contributed by atoms with van der Waals surface area (Å²) in [5.41, 5.74) is 1.17. The number of hydrogen-bond donors (Lipinski definition) is 1. The van der Waals surface area contributed by atoms with Gasteiger partial charge in [0.05, 0.1) is 23.9 Å². The summed E-state index contributed by atoms with van der Waals surface area (Å²) in [4.78, 5) is 2.29. The number of nitriles is 3. The third kappa shape index (κ3) is 2.84. The highest BCUT2D eigenvalue weighted by atomic mass is 15.2. The molecule has 0 aromatic heterocycles. The predicted molar refractivity (Wildman–Crippen MR) is 103 cm³/mol. The second-order valence-electron chi connectivity index (χ2n) is 7.75. The monoisotopic (exact) mass is 357 g/mol. The molecule has 1 aliphatic heterocycles. The highest BCUT2D eigenvalue weighted by molar-refractivity contribution is 6.00. The largest absolute Gasteiger partial charge is 0.305 e. The van der Waals surface area contributed by atoms with Gasteiger partial charge in [-0.1, -0.05) is 35.9 Å². The van der Waals surface area contributed by atoms with E-state index in [-0.39, 0.29) is 11.6 Å². The standard InChI is InChI=1S/C22H23N5/c1-14(2)27-9-8-17-18(10-23)21(26)22(12-24,13-25)20(19(17)11-27)16-6-4-15(3)5-7-16/h4-8,14,18-20,26H,9,11H2,1-3H3/t18-,19+,20-/m1/s1. The molecule has 0 amide bonds. The first-order valence-electron chi connectivity index (χ1n) is 9.21. The van der Waals surface area contributed by atoms with Gasteiger partial charge in [-0.05, 0) is 31.9 Å². The van der Waals surface area contributed by atoms with E-state index in [1.165, 1.54) is 0 Å². The molecule has 136 valence electrons. The van der Waals surface area contributed by atoms with Crippen LogP contribution in [0.4, 0.5) is 0 Å². The molecule has 0 saturated heterocycles. The fourth-order valence-corrected chi connectivity index (χ4v) is 4.40. The van der Waals surface area contributed by atoms with E-state index < -0.39 is 17.3 Å². The summed E-state index contributed by atoms with van der Waals surface area (Å²) in [7, 11) is 0. The lowest BCUT2D eigenvalue weighted by atomic mass is 9.54. The molecule has 1 heterocycles. The van der Waals surface area contributed by atoms with Crippen molar-refractivity contribution in [2.45, 2.75) is 32.7 Å². The molecule has 27 heavy (non-hydrogen) atoms. The van der Waals surface area contributed by atoms with Gasteiger partial charge in [-0.2, -0.15) is 15.8 Å². The van der Waals surface area contributed by atoms with E-state index in [0.29, 0.717) is 12.6 Å². The van der Waals surface area contributed by atoms with Crippen LogP contribution in [0.5, 0.6) is 0 Å². The molecule has 1 aromatic carbocycles. The third-order valence-electron chi connectivity index (χ3n) is 5.99. The van der Waals surface area contributed by atoms with Crippen LogP contribution in [0.25, 0.3) is 0 Å². The Morgan fingerprint density at radius 1 is 1.15 bits per heavy atom. The van der Waals surface area contributed by atoms with Crippen LogP contribution in [0.3, 0.4) is 0 Å². The van der Waals surface area contributed by atoms with E-state index in [1.54, 1.807) is 0 Å². The summed E-state index contributed by atoms with van der Waals surface area (Å²) in [6.45, 7) is 7.63. The average molecular weight is 357 g/mol. The van der Waals surface area contributed by atoms with Crippen LogP contribution in [0.1, 0.15) is 30.9 Å². The van der Waals surface area contributed by atoms with Gasteiger partial charge in [-0.15, -0.1) is 0 Å². The van der Waals surface area contributed by atoms with Crippen molar-refractivity contribution in [3.05, 3.63) is 47.0 Å². The van der Waals surface area contributed by atoms with E-state index in [1.807, 2.05) is 37.3 Å². The lowest BCUT2D eigenvalue weighted by Crippen LogP contribution is -2.53. The normalized spacial score (nSPS) is 27.1. The molecule has 5 nitrogen and oxygen atoms in total. The summed E-state index contributed by atoms with van der Waals surface area (Å²) in [5, 5.41) is 38.4. The number of fused-ring (bicyclic) bond motifs is 1. The van der Waals surface area contributed by atoms with E-state index in [9.17, 15) is 15.8 Å². The Hall–Kier alpha value is -2.94. The second kappa shape index (κ2) is 6.99. The van der Waals surface area contributed by atoms with Crippen LogP contribution < -0.4 is 0 Å². The number of aryl methyl sites for hydroxylation is 1. The van der Waals surface area contributed by atoms with Crippen molar-refractivity contribution in [3.8, 4) is 18.2 Å². The van der Waals surface area contributed by atoms with Crippen LogP contribution >= 0.6 is 0 Å². The molecule has 1 N–H and O–H groups in total. The summed E-state index contributed by atoms with van der Waals surface area (Å²) < 4.78 is 0. The molecule has 3 rings (SSSR count). The molecule has 5 heteroatoms. The molecule has 1 aliphatic carbocycles. The molecule has 1 fully saturated rings. The number of benzene rings is 1. The average Bonchev–Trinajstić information content (AvgIpc) is 2.67. The highest BCUT2D eigenvalue weighted by Crippen LogP contribution is 2.53. The van der Waals surface area contributed by atoms with Crippen LogP contribution in [0.2, 0.25) is 0 Å². The fourth-order valence-electron chi connectivity index (χ4n) is 4.40. The number of nitrogens with one attached hydrogen (secondary N) is 1. The maximum atomic E-state index is 10.0. The molecule has 3 atom stereocenters. The minimum absolute atomic E-state index is 0.0823. The zero-order valence-electron chi connectivity index (χ0n) is 15.9. The number of nitrogens with zero attached hydrogens (tertiary/aromatic N) is 4. The van der Waals surface area contributed by atoms with Crippen molar-refractivity contribution in [2.75, 3.05) is 13.1 Å². The van der Waals surface area contributed by atoms with E-state index >= 15 is 0 Å². The van der Waals surface area contributed by atoms with Gasteiger partial charge in [-0.25, -0.2) is 0 Å². The molecular formula is C22H23N5. The Morgan fingerprint density at radius 3 is 2.30 bits per heavy atom. The second-order valence-corrected chi connectivity index (χ2v) is 7.75. The third-order valence-corrected chi connectivity index (χ3v) is 5.99. The summed E-state index contributed by atoms with van der Waals surface area (Å²) in [6, 6.07) is 14.6. The minimum Gasteiger partial charge on any atom is -0.305 e. The molecule has 1 aromatic rings. The smallest absolute Gasteiger partial charge is 0.189 e.